The largest absolute Gasteiger partial charge is 0.479 e. The molecule has 0 spiro atoms. The van der Waals surface area contributed by atoms with E-state index in [1.165, 1.54) is 6.07 Å². The number of para-hydroxylation sites is 1. The fraction of sp³-hybridized carbons (Fsp3) is 0.611. The standard InChI is InChI=1S/C18H28O9/c1-4-18(21,17(19)20)14-6-5-7-15(26-12-24-10-8-22-2)16(14)27-13-25-11-9-23-3/h5-7,21H,4,8-13H2,1-3H3,(H,19,20). The van der Waals surface area contributed by atoms with Gasteiger partial charge in [0.1, 0.15) is 0 Å². The summed E-state index contributed by atoms with van der Waals surface area (Å²) in [5.74, 6) is -1.07. The number of aliphatic hydroxyl groups is 1. The van der Waals surface area contributed by atoms with Crippen LogP contribution < -0.4 is 9.47 Å². The van der Waals surface area contributed by atoms with Gasteiger partial charge in [0.15, 0.2) is 30.7 Å². The molecule has 0 saturated carbocycles. The van der Waals surface area contributed by atoms with E-state index in [1.807, 2.05) is 0 Å². The highest BCUT2D eigenvalue weighted by molar-refractivity contribution is 5.80. The number of methoxy groups -OCH3 is 2. The van der Waals surface area contributed by atoms with Crippen molar-refractivity contribution in [3.05, 3.63) is 23.8 Å². The average Bonchev–Trinajstić information content (AvgIpc) is 2.67. The Kier molecular flexibility index (Phi) is 10.7. The fourth-order valence-corrected chi connectivity index (χ4v) is 2.17. The lowest BCUT2D eigenvalue weighted by Gasteiger charge is -2.26. The van der Waals surface area contributed by atoms with Crippen molar-refractivity contribution >= 4 is 5.97 Å². The van der Waals surface area contributed by atoms with Gasteiger partial charge in [-0.2, -0.15) is 0 Å². The summed E-state index contributed by atoms with van der Waals surface area (Å²) in [5, 5.41) is 20.1. The molecule has 9 heteroatoms. The van der Waals surface area contributed by atoms with E-state index < -0.39 is 11.6 Å². The second-order valence-corrected chi connectivity index (χ2v) is 5.48. The van der Waals surface area contributed by atoms with Crippen LogP contribution in [0.15, 0.2) is 18.2 Å². The highest BCUT2D eigenvalue weighted by atomic mass is 16.7. The zero-order valence-corrected chi connectivity index (χ0v) is 15.9. The number of rotatable bonds is 15. The number of aliphatic carboxylic acids is 1. The van der Waals surface area contributed by atoms with Crippen molar-refractivity contribution in [1.82, 2.24) is 0 Å². The first kappa shape index (κ1) is 23.1. The van der Waals surface area contributed by atoms with Gasteiger partial charge >= 0.3 is 5.97 Å². The number of benzene rings is 1. The molecule has 0 amide bonds. The summed E-state index contributed by atoms with van der Waals surface area (Å²) in [5.41, 5.74) is -2.06. The first-order valence-corrected chi connectivity index (χ1v) is 8.49. The van der Waals surface area contributed by atoms with Gasteiger partial charge in [0, 0.05) is 19.8 Å². The Balaban J connectivity index is 2.99. The minimum atomic E-state index is -2.13. The number of carbonyl (C=O) groups is 1. The van der Waals surface area contributed by atoms with E-state index in [0.29, 0.717) is 26.4 Å². The maximum absolute atomic E-state index is 11.6. The molecule has 0 heterocycles. The van der Waals surface area contributed by atoms with Crippen LogP contribution in [0, 0.1) is 0 Å². The Hall–Kier alpha value is -1.91. The molecular formula is C18H28O9. The van der Waals surface area contributed by atoms with Gasteiger partial charge < -0.3 is 38.6 Å². The highest BCUT2D eigenvalue weighted by Gasteiger charge is 2.39. The second kappa shape index (κ2) is 12.5. The molecular weight excluding hydrogens is 360 g/mol. The van der Waals surface area contributed by atoms with Crippen LogP contribution in [0.3, 0.4) is 0 Å². The van der Waals surface area contributed by atoms with Crippen LogP contribution in [-0.2, 0) is 29.3 Å². The van der Waals surface area contributed by atoms with Gasteiger partial charge in [-0.25, -0.2) is 4.79 Å². The van der Waals surface area contributed by atoms with Crippen molar-refractivity contribution in [2.24, 2.45) is 0 Å². The molecule has 9 nitrogen and oxygen atoms in total. The molecule has 1 atom stereocenters. The zero-order chi connectivity index (χ0) is 20.1. The Morgan fingerprint density at radius 1 is 1.00 bits per heavy atom. The van der Waals surface area contributed by atoms with E-state index >= 15 is 0 Å². The summed E-state index contributed by atoms with van der Waals surface area (Å²) in [7, 11) is 3.10. The number of carboxylic acid groups (broad SMARTS) is 1. The summed E-state index contributed by atoms with van der Waals surface area (Å²) in [6.07, 6.45) is -0.0585. The molecule has 1 aromatic carbocycles. The van der Waals surface area contributed by atoms with Crippen molar-refractivity contribution in [3.8, 4) is 11.5 Å². The molecule has 0 aliphatic carbocycles. The quantitative estimate of drug-likeness (QED) is 0.340. The monoisotopic (exact) mass is 388 g/mol. The number of ether oxygens (including phenoxy) is 6. The topological polar surface area (TPSA) is 113 Å². The lowest BCUT2D eigenvalue weighted by molar-refractivity contribution is -0.160. The summed E-state index contributed by atoms with van der Waals surface area (Å²) < 4.78 is 31.4. The third-order valence-corrected chi connectivity index (χ3v) is 3.74. The highest BCUT2D eigenvalue weighted by Crippen LogP contribution is 2.39. The molecule has 0 fully saturated rings. The van der Waals surface area contributed by atoms with Crippen molar-refractivity contribution in [2.75, 3.05) is 54.2 Å². The maximum Gasteiger partial charge on any atom is 0.340 e. The number of hydrogen-bond acceptors (Lipinski definition) is 8. The van der Waals surface area contributed by atoms with E-state index in [-0.39, 0.29) is 37.1 Å². The Bertz CT molecular complexity index is 564. The van der Waals surface area contributed by atoms with E-state index in [9.17, 15) is 15.0 Å². The summed E-state index contributed by atoms with van der Waals surface area (Å²) >= 11 is 0. The lowest BCUT2D eigenvalue weighted by Crippen LogP contribution is -2.35. The molecule has 0 bridgehead atoms. The molecule has 2 N–H and O–H groups in total. The van der Waals surface area contributed by atoms with Crippen molar-refractivity contribution in [1.29, 1.82) is 0 Å². The summed E-state index contributed by atoms with van der Waals surface area (Å²) in [6.45, 7) is 2.73. The molecule has 1 aromatic rings. The maximum atomic E-state index is 11.6. The first-order chi connectivity index (χ1) is 13.0. The third-order valence-electron chi connectivity index (χ3n) is 3.74. The van der Waals surface area contributed by atoms with E-state index in [1.54, 1.807) is 33.3 Å². The van der Waals surface area contributed by atoms with E-state index in [4.69, 9.17) is 28.4 Å². The van der Waals surface area contributed by atoms with Crippen molar-refractivity contribution < 1.29 is 43.4 Å². The van der Waals surface area contributed by atoms with Gasteiger partial charge in [-0.3, -0.25) is 0 Å². The van der Waals surface area contributed by atoms with Crippen LogP contribution in [0.4, 0.5) is 0 Å². The lowest BCUT2D eigenvalue weighted by atomic mass is 9.90. The SMILES string of the molecule is CCC(O)(C(=O)O)c1cccc(OCOCCOC)c1OCOCCOC. The first-order valence-electron chi connectivity index (χ1n) is 8.49. The summed E-state index contributed by atoms with van der Waals surface area (Å²) in [4.78, 5) is 11.6. The normalized spacial score (nSPS) is 13.2. The van der Waals surface area contributed by atoms with Crippen LogP contribution in [0.2, 0.25) is 0 Å². The van der Waals surface area contributed by atoms with E-state index in [0.717, 1.165) is 0 Å². The fourth-order valence-electron chi connectivity index (χ4n) is 2.17. The molecule has 0 saturated heterocycles. The molecule has 0 radical (unpaired) electrons. The van der Waals surface area contributed by atoms with Gasteiger partial charge in [-0.15, -0.1) is 0 Å². The third kappa shape index (κ3) is 6.96. The van der Waals surface area contributed by atoms with Crippen LogP contribution in [0.25, 0.3) is 0 Å². The Morgan fingerprint density at radius 2 is 1.59 bits per heavy atom. The van der Waals surface area contributed by atoms with E-state index in [2.05, 4.69) is 0 Å². The van der Waals surface area contributed by atoms with Gasteiger partial charge in [-0.05, 0) is 12.5 Å². The average molecular weight is 388 g/mol. The molecule has 1 unspecified atom stereocenters. The minimum Gasteiger partial charge on any atom is -0.479 e. The summed E-state index contributed by atoms with van der Waals surface area (Å²) in [6, 6.07) is 4.63. The molecule has 0 aliphatic heterocycles. The van der Waals surface area contributed by atoms with Crippen LogP contribution in [0.1, 0.15) is 18.9 Å². The van der Waals surface area contributed by atoms with Crippen LogP contribution in [-0.4, -0.2) is 70.4 Å². The van der Waals surface area contributed by atoms with Gasteiger partial charge in [0.2, 0.25) is 0 Å². The predicted molar refractivity (Wildman–Crippen MR) is 94.9 cm³/mol. The van der Waals surface area contributed by atoms with Gasteiger partial charge in [0.05, 0.1) is 26.4 Å². The minimum absolute atomic E-state index is 0.0585. The predicted octanol–water partition coefficient (Wildman–Crippen LogP) is 1.37. The van der Waals surface area contributed by atoms with Crippen LogP contribution >= 0.6 is 0 Å². The van der Waals surface area contributed by atoms with Crippen LogP contribution in [0.5, 0.6) is 11.5 Å². The zero-order valence-electron chi connectivity index (χ0n) is 15.9. The molecule has 27 heavy (non-hydrogen) atoms. The van der Waals surface area contributed by atoms with Crippen molar-refractivity contribution in [3.63, 3.8) is 0 Å². The number of carboxylic acids is 1. The molecule has 1 rings (SSSR count). The van der Waals surface area contributed by atoms with Gasteiger partial charge in [0.25, 0.3) is 0 Å². The molecule has 0 aliphatic rings. The Morgan fingerprint density at radius 3 is 2.11 bits per heavy atom. The smallest absolute Gasteiger partial charge is 0.340 e. The molecule has 154 valence electrons. The van der Waals surface area contributed by atoms with Crippen molar-refractivity contribution in [2.45, 2.75) is 18.9 Å². The second-order valence-electron chi connectivity index (χ2n) is 5.48. The molecule has 0 aromatic heterocycles. The Labute approximate surface area is 158 Å². The van der Waals surface area contributed by atoms with Gasteiger partial charge in [-0.1, -0.05) is 19.1 Å². The number of hydrogen-bond donors (Lipinski definition) is 2.